The largest absolute Gasteiger partial charge is 0.345 e. The normalized spacial score (nSPS) is 16.3. The maximum absolute atomic E-state index is 12.1. The van der Waals surface area contributed by atoms with Gasteiger partial charge in [0.25, 0.3) is 0 Å². The highest BCUT2D eigenvalue weighted by atomic mass is 16.2. The van der Waals surface area contributed by atoms with Crippen molar-refractivity contribution in [3.63, 3.8) is 0 Å². The van der Waals surface area contributed by atoms with Gasteiger partial charge in [0.2, 0.25) is 5.91 Å². The molecule has 100 valence electrons. The van der Waals surface area contributed by atoms with Crippen molar-refractivity contribution in [1.82, 2.24) is 20.0 Å². The highest BCUT2D eigenvalue weighted by molar-refractivity contribution is 5.80. The summed E-state index contributed by atoms with van der Waals surface area (Å²) in [6, 6.07) is 5.88. The smallest absolute Gasteiger partial charge is 0.226 e. The lowest BCUT2D eigenvalue weighted by Crippen LogP contribution is -2.54. The van der Waals surface area contributed by atoms with Gasteiger partial charge in [-0.25, -0.2) is 4.98 Å². The van der Waals surface area contributed by atoms with Crippen LogP contribution in [0.2, 0.25) is 0 Å². The maximum atomic E-state index is 12.1. The third kappa shape index (κ3) is 2.10. The first-order valence-electron chi connectivity index (χ1n) is 6.53. The van der Waals surface area contributed by atoms with Gasteiger partial charge in [-0.15, -0.1) is 0 Å². The molecule has 1 saturated heterocycles. The summed E-state index contributed by atoms with van der Waals surface area (Å²) in [7, 11) is 0. The van der Waals surface area contributed by atoms with Crippen molar-refractivity contribution in [2.75, 3.05) is 13.1 Å². The van der Waals surface area contributed by atoms with Gasteiger partial charge < -0.3 is 15.0 Å². The molecule has 0 radical (unpaired) electrons. The van der Waals surface area contributed by atoms with E-state index in [1.54, 1.807) is 0 Å². The van der Waals surface area contributed by atoms with Crippen LogP contribution < -0.4 is 10.6 Å². The predicted molar refractivity (Wildman–Crippen MR) is 72.7 cm³/mol. The Morgan fingerprint density at radius 3 is 2.95 bits per heavy atom. The van der Waals surface area contributed by atoms with Crippen molar-refractivity contribution in [3.05, 3.63) is 36.3 Å². The fraction of sp³-hybridized carbons (Fsp3) is 0.429. The van der Waals surface area contributed by atoms with E-state index in [1.807, 2.05) is 48.8 Å². The van der Waals surface area contributed by atoms with E-state index in [0.29, 0.717) is 0 Å². The number of amides is 1. The minimum absolute atomic E-state index is 0.0958. The summed E-state index contributed by atoms with van der Waals surface area (Å²) in [6.45, 7) is 5.56. The molecule has 0 spiro atoms. The van der Waals surface area contributed by atoms with Gasteiger partial charge in [0.1, 0.15) is 5.65 Å². The maximum Gasteiger partial charge on any atom is 0.226 e. The molecule has 0 unspecified atom stereocenters. The molecule has 0 saturated carbocycles. The Morgan fingerprint density at radius 1 is 1.47 bits per heavy atom. The summed E-state index contributed by atoms with van der Waals surface area (Å²) in [5.74, 6) is 0.202. The summed E-state index contributed by atoms with van der Waals surface area (Å²) in [4.78, 5) is 16.5. The Kier molecular flexibility index (Phi) is 2.78. The number of nitrogens with one attached hydrogen (secondary N) is 2. The predicted octanol–water partition coefficient (Wildman–Crippen LogP) is 0.905. The zero-order valence-corrected chi connectivity index (χ0v) is 11.2. The summed E-state index contributed by atoms with van der Waals surface area (Å²) < 4.78 is 2.01. The van der Waals surface area contributed by atoms with Gasteiger partial charge >= 0.3 is 0 Å². The molecule has 5 heteroatoms. The molecule has 1 amide bonds. The number of imidazole rings is 1. The standard InChI is InChI=1S/C14H18N4O/c1-14(2,17-13(19)10-7-15-8-10)11-9-16-12-5-3-4-6-18(11)12/h3-6,9-10,15H,7-8H2,1-2H3,(H,17,19). The molecule has 1 aliphatic heterocycles. The molecule has 5 nitrogen and oxygen atoms in total. The molecule has 3 heterocycles. The van der Waals surface area contributed by atoms with Crippen LogP contribution in [0.1, 0.15) is 19.5 Å². The monoisotopic (exact) mass is 258 g/mol. The minimum atomic E-state index is -0.437. The third-order valence-corrected chi connectivity index (χ3v) is 3.65. The molecule has 19 heavy (non-hydrogen) atoms. The van der Waals surface area contributed by atoms with Crippen molar-refractivity contribution >= 4 is 11.6 Å². The number of nitrogens with zero attached hydrogens (tertiary/aromatic N) is 2. The van der Waals surface area contributed by atoms with Crippen molar-refractivity contribution < 1.29 is 4.79 Å². The van der Waals surface area contributed by atoms with E-state index in [4.69, 9.17) is 0 Å². The van der Waals surface area contributed by atoms with Gasteiger partial charge in [-0.2, -0.15) is 0 Å². The molecule has 2 aromatic heterocycles. The van der Waals surface area contributed by atoms with Crippen LogP contribution in [0, 0.1) is 5.92 Å². The molecule has 2 N–H and O–H groups in total. The lowest BCUT2D eigenvalue weighted by atomic mass is 9.97. The van der Waals surface area contributed by atoms with Crippen LogP contribution in [0.5, 0.6) is 0 Å². The Balaban J connectivity index is 1.88. The first-order valence-corrected chi connectivity index (χ1v) is 6.53. The van der Waals surface area contributed by atoms with E-state index in [0.717, 1.165) is 24.4 Å². The summed E-state index contributed by atoms with van der Waals surface area (Å²) in [6.07, 6.45) is 3.80. The van der Waals surface area contributed by atoms with Crippen molar-refractivity contribution in [3.8, 4) is 0 Å². The second-order valence-electron chi connectivity index (χ2n) is 5.54. The topological polar surface area (TPSA) is 58.4 Å². The quantitative estimate of drug-likeness (QED) is 0.860. The third-order valence-electron chi connectivity index (χ3n) is 3.65. The number of hydrogen-bond donors (Lipinski definition) is 2. The SMILES string of the molecule is CC(C)(NC(=O)C1CNC1)c1cnc2ccccn12. The molecule has 3 rings (SSSR count). The molecule has 0 bridgehead atoms. The van der Waals surface area contributed by atoms with Gasteiger partial charge in [0, 0.05) is 19.3 Å². The van der Waals surface area contributed by atoms with Crippen LogP contribution in [-0.4, -0.2) is 28.4 Å². The Bertz CT molecular complexity index is 613. The van der Waals surface area contributed by atoms with E-state index in [-0.39, 0.29) is 11.8 Å². The Hall–Kier alpha value is -1.88. The lowest BCUT2D eigenvalue weighted by molar-refractivity contribution is -0.128. The average Bonchev–Trinajstić information content (AvgIpc) is 2.69. The number of carbonyl (C=O) groups is 1. The second kappa shape index (κ2) is 4.35. The fourth-order valence-electron chi connectivity index (χ4n) is 2.34. The van der Waals surface area contributed by atoms with E-state index in [1.165, 1.54) is 0 Å². The molecular weight excluding hydrogens is 240 g/mol. The number of hydrogen-bond acceptors (Lipinski definition) is 3. The molecule has 1 fully saturated rings. The number of pyridine rings is 1. The summed E-state index contributed by atoms with van der Waals surface area (Å²) >= 11 is 0. The summed E-state index contributed by atoms with van der Waals surface area (Å²) in [5, 5.41) is 6.23. The lowest BCUT2D eigenvalue weighted by Gasteiger charge is -2.32. The minimum Gasteiger partial charge on any atom is -0.345 e. The van der Waals surface area contributed by atoms with Crippen LogP contribution in [0.15, 0.2) is 30.6 Å². The second-order valence-corrected chi connectivity index (χ2v) is 5.54. The van der Waals surface area contributed by atoms with Gasteiger partial charge in [-0.3, -0.25) is 4.79 Å². The van der Waals surface area contributed by atoms with Crippen molar-refractivity contribution in [1.29, 1.82) is 0 Å². The molecule has 1 aliphatic rings. The Labute approximate surface area is 112 Å². The van der Waals surface area contributed by atoms with Crippen molar-refractivity contribution in [2.45, 2.75) is 19.4 Å². The highest BCUT2D eigenvalue weighted by Crippen LogP contribution is 2.22. The van der Waals surface area contributed by atoms with Crippen LogP contribution in [0.3, 0.4) is 0 Å². The number of rotatable bonds is 3. The van der Waals surface area contributed by atoms with E-state index in [2.05, 4.69) is 15.6 Å². The van der Waals surface area contributed by atoms with E-state index < -0.39 is 5.54 Å². The van der Waals surface area contributed by atoms with E-state index >= 15 is 0 Å². The fourth-order valence-corrected chi connectivity index (χ4v) is 2.34. The van der Waals surface area contributed by atoms with Crippen LogP contribution in [0.4, 0.5) is 0 Å². The van der Waals surface area contributed by atoms with E-state index in [9.17, 15) is 4.79 Å². The number of carbonyl (C=O) groups excluding carboxylic acids is 1. The first-order chi connectivity index (χ1) is 9.08. The summed E-state index contributed by atoms with van der Waals surface area (Å²) in [5.41, 5.74) is 1.45. The molecule has 0 atom stereocenters. The zero-order valence-electron chi connectivity index (χ0n) is 11.2. The van der Waals surface area contributed by atoms with Crippen LogP contribution in [-0.2, 0) is 10.3 Å². The first kappa shape index (κ1) is 12.2. The van der Waals surface area contributed by atoms with Gasteiger partial charge in [0.05, 0.1) is 23.3 Å². The molecular formula is C14H18N4O. The average molecular weight is 258 g/mol. The zero-order chi connectivity index (χ0) is 13.5. The van der Waals surface area contributed by atoms with Gasteiger partial charge in [-0.05, 0) is 26.0 Å². The van der Waals surface area contributed by atoms with Crippen LogP contribution >= 0.6 is 0 Å². The van der Waals surface area contributed by atoms with Gasteiger partial charge in [0.15, 0.2) is 0 Å². The number of aromatic nitrogens is 2. The number of fused-ring (bicyclic) bond motifs is 1. The van der Waals surface area contributed by atoms with Gasteiger partial charge in [-0.1, -0.05) is 6.07 Å². The van der Waals surface area contributed by atoms with Crippen LogP contribution in [0.25, 0.3) is 5.65 Å². The Morgan fingerprint density at radius 2 is 2.26 bits per heavy atom. The molecule has 0 aromatic carbocycles. The highest BCUT2D eigenvalue weighted by Gasteiger charge is 2.32. The molecule has 0 aliphatic carbocycles. The van der Waals surface area contributed by atoms with Crippen molar-refractivity contribution in [2.24, 2.45) is 5.92 Å². The molecule has 2 aromatic rings.